The molecule has 0 spiro atoms. The van der Waals surface area contributed by atoms with Crippen molar-refractivity contribution in [1.29, 1.82) is 0 Å². The second-order valence-electron chi connectivity index (χ2n) is 7.38. The Morgan fingerprint density at radius 3 is 2.41 bits per heavy atom. The number of carbonyl (C=O) groups excluding carboxylic acids is 1. The third-order valence-electron chi connectivity index (χ3n) is 5.19. The van der Waals surface area contributed by atoms with Gasteiger partial charge < -0.3 is 9.30 Å². The van der Waals surface area contributed by atoms with E-state index in [9.17, 15) is 18.8 Å². The number of hydrogen-bond donors (Lipinski definition) is 0. The van der Waals surface area contributed by atoms with Crippen molar-refractivity contribution < 1.29 is 13.9 Å². The Morgan fingerprint density at radius 2 is 1.75 bits per heavy atom. The van der Waals surface area contributed by atoms with Gasteiger partial charge in [0.15, 0.2) is 16.9 Å². The van der Waals surface area contributed by atoms with E-state index in [1.54, 1.807) is 12.1 Å². The van der Waals surface area contributed by atoms with Gasteiger partial charge in [-0.3, -0.25) is 14.2 Å². The van der Waals surface area contributed by atoms with Crippen LogP contribution in [0.25, 0.3) is 16.9 Å². The lowest BCUT2D eigenvalue weighted by atomic mass is 10.1. The predicted octanol–water partition coefficient (Wildman–Crippen LogP) is 2.33. The second-order valence-corrected chi connectivity index (χ2v) is 7.38. The minimum atomic E-state index is -0.560. The van der Waals surface area contributed by atoms with Crippen LogP contribution in [-0.4, -0.2) is 38.2 Å². The van der Waals surface area contributed by atoms with Crippen LogP contribution in [-0.2, 0) is 17.8 Å². The van der Waals surface area contributed by atoms with Crippen molar-refractivity contribution in [3.8, 4) is 5.69 Å². The monoisotopic (exact) mass is 436 g/mol. The highest BCUT2D eigenvalue weighted by Gasteiger charge is 2.20. The van der Waals surface area contributed by atoms with Crippen molar-refractivity contribution in [3.63, 3.8) is 0 Å². The summed E-state index contributed by atoms with van der Waals surface area (Å²) in [4.78, 5) is 43.4. The quantitative estimate of drug-likeness (QED) is 0.415. The number of fused-ring (bicyclic) bond motifs is 1. The summed E-state index contributed by atoms with van der Waals surface area (Å²) in [5.41, 5.74) is 1.04. The van der Waals surface area contributed by atoms with Crippen molar-refractivity contribution in [2.45, 2.75) is 20.0 Å². The van der Waals surface area contributed by atoms with Crippen LogP contribution in [0.4, 0.5) is 4.39 Å². The lowest BCUT2D eigenvalue weighted by molar-refractivity contribution is 0.0973. The average Bonchev–Trinajstić information content (AvgIpc) is 3.18. The fourth-order valence-electron chi connectivity index (χ4n) is 3.49. The minimum absolute atomic E-state index is 0.0487. The van der Waals surface area contributed by atoms with Gasteiger partial charge in [-0.25, -0.2) is 18.7 Å². The molecule has 0 unspecified atom stereocenters. The van der Waals surface area contributed by atoms with Crippen molar-refractivity contribution in [2.75, 3.05) is 13.7 Å². The van der Waals surface area contributed by atoms with Gasteiger partial charge in [0.2, 0.25) is 0 Å². The molecule has 164 valence electrons. The van der Waals surface area contributed by atoms with E-state index in [1.807, 2.05) is 19.1 Å². The lowest BCUT2D eigenvalue weighted by Gasteiger charge is -2.12. The zero-order chi connectivity index (χ0) is 22.8. The number of aryl methyl sites for hydroxylation is 1. The average molecular weight is 436 g/mol. The third-order valence-corrected chi connectivity index (χ3v) is 5.19. The van der Waals surface area contributed by atoms with E-state index < -0.39 is 17.1 Å². The molecule has 0 atom stereocenters. The van der Waals surface area contributed by atoms with Crippen LogP contribution in [0.2, 0.25) is 0 Å². The summed E-state index contributed by atoms with van der Waals surface area (Å²) in [7, 11) is 1.48. The predicted molar refractivity (Wildman–Crippen MR) is 117 cm³/mol. The number of ketones is 1. The molecule has 0 aliphatic rings. The van der Waals surface area contributed by atoms with Gasteiger partial charge in [-0.15, -0.1) is 0 Å². The maximum absolute atomic E-state index is 13.2. The Bertz CT molecular complexity index is 1400. The number of Topliss-reactive ketones (excluding diaryl/α,β-unsaturated/α-hetero) is 1. The Kier molecular flexibility index (Phi) is 5.83. The van der Waals surface area contributed by atoms with Crippen molar-refractivity contribution in [3.05, 3.63) is 92.6 Å². The van der Waals surface area contributed by atoms with Gasteiger partial charge in [0.1, 0.15) is 5.82 Å². The number of benzene rings is 2. The molecular formula is C23H21FN4O4. The Hall–Kier alpha value is -3.85. The van der Waals surface area contributed by atoms with Crippen LogP contribution in [0.3, 0.4) is 0 Å². The number of halogens is 1. The van der Waals surface area contributed by atoms with Gasteiger partial charge in [-0.05, 0) is 43.3 Å². The van der Waals surface area contributed by atoms with Gasteiger partial charge in [0, 0.05) is 12.7 Å². The number of aromatic nitrogens is 4. The van der Waals surface area contributed by atoms with Crippen molar-refractivity contribution in [1.82, 2.24) is 18.7 Å². The number of methoxy groups -OCH3 is 1. The highest BCUT2D eigenvalue weighted by Crippen LogP contribution is 2.15. The molecule has 0 radical (unpaired) electrons. The first-order chi connectivity index (χ1) is 15.4. The van der Waals surface area contributed by atoms with Gasteiger partial charge >= 0.3 is 5.69 Å². The van der Waals surface area contributed by atoms with Gasteiger partial charge in [0.25, 0.3) is 5.56 Å². The molecule has 0 N–H and O–H groups in total. The zero-order valence-corrected chi connectivity index (χ0v) is 17.6. The number of carbonyl (C=O) groups is 1. The molecule has 0 aliphatic carbocycles. The molecule has 0 fully saturated rings. The zero-order valence-electron chi connectivity index (χ0n) is 17.6. The summed E-state index contributed by atoms with van der Waals surface area (Å²) in [6, 6.07) is 12.4. The smallest absolute Gasteiger partial charge is 0.337 e. The molecule has 8 nitrogen and oxygen atoms in total. The lowest BCUT2D eigenvalue weighted by Crippen LogP contribution is -2.41. The van der Waals surface area contributed by atoms with Crippen LogP contribution < -0.4 is 11.2 Å². The van der Waals surface area contributed by atoms with Crippen LogP contribution >= 0.6 is 0 Å². The standard InChI is InChI=1S/C23H21FN4O4/c1-15-3-9-18(10-4-15)28-21-20(22(30)27(23(28)31)11-12-32-2)26(14-25-21)13-19(29)16-5-7-17(24)8-6-16/h3-10,14H,11-13H2,1-2H3. The number of nitrogens with zero attached hydrogens (tertiary/aromatic N) is 4. The van der Waals surface area contributed by atoms with E-state index >= 15 is 0 Å². The van der Waals surface area contributed by atoms with Crippen LogP contribution in [0.15, 0.2) is 64.4 Å². The maximum Gasteiger partial charge on any atom is 0.337 e. The summed E-state index contributed by atoms with van der Waals surface area (Å²) in [6.07, 6.45) is 1.36. The van der Waals surface area contributed by atoms with Gasteiger partial charge in [-0.2, -0.15) is 0 Å². The number of ether oxygens (including phenoxy) is 1. The van der Waals surface area contributed by atoms with Crippen LogP contribution in [0.5, 0.6) is 0 Å². The fourth-order valence-corrected chi connectivity index (χ4v) is 3.49. The van der Waals surface area contributed by atoms with Crippen molar-refractivity contribution >= 4 is 16.9 Å². The molecule has 0 bridgehead atoms. The number of imidazole rings is 1. The SMILES string of the molecule is COCCn1c(=O)c2c(ncn2CC(=O)c2ccc(F)cc2)n(-c2ccc(C)cc2)c1=O. The van der Waals surface area contributed by atoms with Crippen LogP contribution in [0, 0.1) is 12.7 Å². The first kappa shape index (κ1) is 21.4. The Balaban J connectivity index is 1.89. The topological polar surface area (TPSA) is 88.1 Å². The first-order valence-corrected chi connectivity index (χ1v) is 9.96. The summed E-state index contributed by atoms with van der Waals surface area (Å²) >= 11 is 0. The molecule has 2 aromatic heterocycles. The molecule has 2 aromatic carbocycles. The molecule has 9 heteroatoms. The van der Waals surface area contributed by atoms with E-state index in [4.69, 9.17) is 4.74 Å². The van der Waals surface area contributed by atoms with Crippen molar-refractivity contribution in [2.24, 2.45) is 0 Å². The van der Waals surface area contributed by atoms with Gasteiger partial charge in [-0.1, -0.05) is 17.7 Å². The summed E-state index contributed by atoms with van der Waals surface area (Å²) in [5, 5.41) is 0. The van der Waals surface area contributed by atoms with Gasteiger partial charge in [0.05, 0.1) is 31.7 Å². The Labute approximate surface area is 182 Å². The fraction of sp³-hybridized carbons (Fsp3) is 0.217. The first-order valence-electron chi connectivity index (χ1n) is 9.96. The highest BCUT2D eigenvalue weighted by atomic mass is 19.1. The number of hydrogen-bond acceptors (Lipinski definition) is 5. The Morgan fingerprint density at radius 1 is 1.06 bits per heavy atom. The molecule has 4 rings (SSSR count). The van der Waals surface area contributed by atoms with E-state index in [-0.39, 0.29) is 36.6 Å². The molecular weight excluding hydrogens is 415 g/mol. The number of rotatable bonds is 7. The summed E-state index contributed by atoms with van der Waals surface area (Å²) in [6.45, 7) is 1.95. The minimum Gasteiger partial charge on any atom is -0.383 e. The normalized spacial score (nSPS) is 11.2. The summed E-state index contributed by atoms with van der Waals surface area (Å²) in [5.74, 6) is -0.766. The molecule has 0 aliphatic heterocycles. The largest absolute Gasteiger partial charge is 0.383 e. The van der Waals surface area contributed by atoms with E-state index in [0.717, 1.165) is 10.1 Å². The highest BCUT2D eigenvalue weighted by molar-refractivity contribution is 5.96. The van der Waals surface area contributed by atoms with Crippen LogP contribution in [0.1, 0.15) is 15.9 Å². The molecule has 32 heavy (non-hydrogen) atoms. The van der Waals surface area contributed by atoms with E-state index in [1.165, 1.54) is 46.8 Å². The van der Waals surface area contributed by atoms with E-state index in [0.29, 0.717) is 11.3 Å². The maximum atomic E-state index is 13.2. The van der Waals surface area contributed by atoms with E-state index in [2.05, 4.69) is 4.98 Å². The third kappa shape index (κ3) is 3.90. The molecule has 0 saturated carbocycles. The molecule has 2 heterocycles. The second kappa shape index (κ2) is 8.72. The summed E-state index contributed by atoms with van der Waals surface area (Å²) < 4.78 is 22.1. The molecule has 4 aromatic rings. The molecule has 0 saturated heterocycles. The molecule has 0 amide bonds.